The van der Waals surface area contributed by atoms with E-state index in [0.717, 1.165) is 18.4 Å². The van der Waals surface area contributed by atoms with Crippen molar-refractivity contribution in [1.29, 1.82) is 0 Å². The van der Waals surface area contributed by atoms with Gasteiger partial charge in [-0.2, -0.15) is 0 Å². The number of carbonyl (C=O) groups excluding carboxylic acids is 1. The Labute approximate surface area is 288 Å². The molecule has 0 N–H and O–H groups in total. The molecule has 1 amide bonds. The standard InChI is InChI=1S/C44H77NO/c1-4-6-8-10-12-14-16-18-20-22-24-26-28-30-32-34-40-45(44(46)43-38-36-42(3)37-39-43)41-35-33-31-29-27-25-23-21-19-17-15-13-11-9-7-5-2/h34-41H,4-33H2,1-3H3. The Balaban J connectivity index is 2.19. The van der Waals surface area contributed by atoms with Crippen molar-refractivity contribution in [3.05, 3.63) is 59.9 Å². The summed E-state index contributed by atoms with van der Waals surface area (Å²) in [6, 6.07) is 7.96. The van der Waals surface area contributed by atoms with Gasteiger partial charge in [0.25, 0.3) is 5.91 Å². The predicted octanol–water partition coefficient (Wildman–Crippen LogP) is 15.2. The first-order valence-electron chi connectivity index (χ1n) is 20.4. The van der Waals surface area contributed by atoms with Crippen LogP contribution in [0.2, 0.25) is 0 Å². The van der Waals surface area contributed by atoms with Gasteiger partial charge in [0.15, 0.2) is 0 Å². The molecular weight excluding hydrogens is 558 g/mol. The van der Waals surface area contributed by atoms with Gasteiger partial charge >= 0.3 is 0 Å². The van der Waals surface area contributed by atoms with Gasteiger partial charge in [0.1, 0.15) is 0 Å². The Morgan fingerprint density at radius 1 is 0.457 bits per heavy atom. The van der Waals surface area contributed by atoms with Gasteiger partial charge in [-0.15, -0.1) is 0 Å². The molecule has 1 rings (SSSR count). The van der Waals surface area contributed by atoms with Crippen molar-refractivity contribution < 1.29 is 4.79 Å². The molecular formula is C44H77NO. The lowest BCUT2D eigenvalue weighted by atomic mass is 10.0. The molecule has 0 spiro atoms. The van der Waals surface area contributed by atoms with Gasteiger partial charge in [-0.1, -0.05) is 211 Å². The monoisotopic (exact) mass is 636 g/mol. The lowest BCUT2D eigenvalue weighted by molar-refractivity contribution is 0.0869. The van der Waals surface area contributed by atoms with Gasteiger partial charge in [0.2, 0.25) is 0 Å². The third kappa shape index (κ3) is 26.3. The third-order valence-electron chi connectivity index (χ3n) is 9.51. The summed E-state index contributed by atoms with van der Waals surface area (Å²) in [5.41, 5.74) is 1.94. The minimum atomic E-state index is 0.0643. The van der Waals surface area contributed by atoms with E-state index in [1.807, 2.05) is 36.7 Å². The SMILES string of the molecule is CCCCCCCCCCCCCCCCC=CN(C=CCCCCCCCCCCCCCCCC)C(=O)c1ccc(C)cc1. The minimum absolute atomic E-state index is 0.0643. The molecule has 264 valence electrons. The zero-order valence-electron chi connectivity index (χ0n) is 31.2. The number of rotatable bonds is 33. The van der Waals surface area contributed by atoms with Gasteiger partial charge in [-0.05, 0) is 44.7 Å². The van der Waals surface area contributed by atoms with Gasteiger partial charge < -0.3 is 0 Å². The van der Waals surface area contributed by atoms with Crippen LogP contribution in [-0.2, 0) is 0 Å². The average molecular weight is 636 g/mol. The maximum atomic E-state index is 13.3. The molecule has 0 aromatic heterocycles. The van der Waals surface area contributed by atoms with E-state index in [9.17, 15) is 4.79 Å². The normalized spacial score (nSPS) is 11.7. The summed E-state index contributed by atoms with van der Waals surface area (Å²) in [5, 5.41) is 0. The minimum Gasteiger partial charge on any atom is -0.291 e. The number of hydrogen-bond acceptors (Lipinski definition) is 1. The number of allylic oxidation sites excluding steroid dienone is 2. The molecule has 0 aliphatic heterocycles. The van der Waals surface area contributed by atoms with Gasteiger partial charge in [0.05, 0.1) is 0 Å². The van der Waals surface area contributed by atoms with Crippen LogP contribution in [0.3, 0.4) is 0 Å². The molecule has 0 aliphatic carbocycles. The third-order valence-corrected chi connectivity index (χ3v) is 9.51. The molecule has 0 saturated carbocycles. The van der Waals surface area contributed by atoms with Crippen molar-refractivity contribution in [3.8, 4) is 0 Å². The predicted molar refractivity (Wildman–Crippen MR) is 205 cm³/mol. The van der Waals surface area contributed by atoms with Gasteiger partial charge in [-0.25, -0.2) is 0 Å². The summed E-state index contributed by atoms with van der Waals surface area (Å²) in [5.74, 6) is 0.0643. The van der Waals surface area contributed by atoms with Crippen molar-refractivity contribution in [2.24, 2.45) is 0 Å². The highest BCUT2D eigenvalue weighted by Gasteiger charge is 2.10. The molecule has 2 nitrogen and oxygen atoms in total. The highest BCUT2D eigenvalue weighted by atomic mass is 16.2. The summed E-state index contributed by atoms with van der Waals surface area (Å²) in [6.45, 7) is 6.65. The second kappa shape index (κ2) is 33.1. The van der Waals surface area contributed by atoms with Gasteiger partial charge in [-0.3, -0.25) is 9.69 Å². The highest BCUT2D eigenvalue weighted by molar-refractivity contribution is 5.95. The topological polar surface area (TPSA) is 20.3 Å². The summed E-state index contributed by atoms with van der Waals surface area (Å²) in [4.78, 5) is 15.1. The zero-order valence-corrected chi connectivity index (χ0v) is 31.2. The lowest BCUT2D eigenvalue weighted by Crippen LogP contribution is -2.20. The Morgan fingerprint density at radius 2 is 0.739 bits per heavy atom. The highest BCUT2D eigenvalue weighted by Crippen LogP contribution is 2.16. The largest absolute Gasteiger partial charge is 0.291 e. The van der Waals surface area contributed by atoms with Crippen molar-refractivity contribution >= 4 is 5.91 Å². The van der Waals surface area contributed by atoms with Crippen LogP contribution in [0.4, 0.5) is 0 Å². The summed E-state index contributed by atoms with van der Waals surface area (Å²) in [6.07, 6.45) is 49.3. The average Bonchev–Trinajstić information content (AvgIpc) is 3.07. The van der Waals surface area contributed by atoms with E-state index in [2.05, 4.69) is 32.9 Å². The fraction of sp³-hybridized carbons (Fsp3) is 0.750. The quantitative estimate of drug-likeness (QED) is 0.0704. The van der Waals surface area contributed by atoms with E-state index in [-0.39, 0.29) is 5.91 Å². The van der Waals surface area contributed by atoms with E-state index in [4.69, 9.17) is 0 Å². The van der Waals surface area contributed by atoms with E-state index < -0.39 is 0 Å². The first kappa shape index (κ1) is 42.2. The molecule has 0 saturated heterocycles. The maximum Gasteiger partial charge on any atom is 0.261 e. The van der Waals surface area contributed by atoms with Crippen LogP contribution in [0.1, 0.15) is 222 Å². The van der Waals surface area contributed by atoms with Crippen LogP contribution in [0.5, 0.6) is 0 Å². The number of carbonyl (C=O) groups is 1. The lowest BCUT2D eigenvalue weighted by Gasteiger charge is -2.14. The van der Waals surface area contributed by atoms with Crippen molar-refractivity contribution in [1.82, 2.24) is 4.90 Å². The molecule has 46 heavy (non-hydrogen) atoms. The molecule has 0 heterocycles. The van der Waals surface area contributed by atoms with E-state index in [1.165, 1.54) is 185 Å². The van der Waals surface area contributed by atoms with Crippen LogP contribution in [-0.4, -0.2) is 10.8 Å². The molecule has 0 unspecified atom stereocenters. The molecule has 0 bridgehead atoms. The number of hydrogen-bond donors (Lipinski definition) is 0. The number of amides is 1. The number of unbranched alkanes of at least 4 members (excludes halogenated alkanes) is 28. The Kier molecular flexibility index (Phi) is 30.3. The van der Waals surface area contributed by atoms with Crippen LogP contribution < -0.4 is 0 Å². The zero-order chi connectivity index (χ0) is 33.2. The second-order valence-corrected chi connectivity index (χ2v) is 14.1. The Hall–Kier alpha value is -1.83. The first-order valence-corrected chi connectivity index (χ1v) is 20.4. The van der Waals surface area contributed by atoms with Crippen LogP contribution in [0.15, 0.2) is 48.8 Å². The van der Waals surface area contributed by atoms with E-state index in [1.54, 1.807) is 4.90 Å². The van der Waals surface area contributed by atoms with Crippen LogP contribution in [0, 0.1) is 6.92 Å². The number of nitrogens with zero attached hydrogens (tertiary/aromatic N) is 1. The Morgan fingerprint density at radius 3 is 1.04 bits per heavy atom. The summed E-state index contributed by atoms with van der Waals surface area (Å²) >= 11 is 0. The van der Waals surface area contributed by atoms with Crippen molar-refractivity contribution in [2.75, 3.05) is 0 Å². The van der Waals surface area contributed by atoms with E-state index in [0.29, 0.717) is 0 Å². The molecule has 0 aliphatic rings. The van der Waals surface area contributed by atoms with E-state index >= 15 is 0 Å². The Bertz CT molecular complexity index is 796. The summed E-state index contributed by atoms with van der Waals surface area (Å²) in [7, 11) is 0. The maximum absolute atomic E-state index is 13.3. The fourth-order valence-electron chi connectivity index (χ4n) is 6.32. The number of aryl methyl sites for hydroxylation is 1. The first-order chi connectivity index (χ1) is 22.7. The fourth-order valence-corrected chi connectivity index (χ4v) is 6.32. The molecule has 1 aromatic rings. The summed E-state index contributed by atoms with van der Waals surface area (Å²) < 4.78 is 0. The molecule has 1 aromatic carbocycles. The number of benzene rings is 1. The van der Waals surface area contributed by atoms with Crippen molar-refractivity contribution in [2.45, 2.75) is 213 Å². The van der Waals surface area contributed by atoms with Crippen LogP contribution in [0.25, 0.3) is 0 Å². The smallest absolute Gasteiger partial charge is 0.261 e. The molecule has 0 radical (unpaired) electrons. The van der Waals surface area contributed by atoms with Crippen molar-refractivity contribution in [3.63, 3.8) is 0 Å². The molecule has 0 atom stereocenters. The second-order valence-electron chi connectivity index (χ2n) is 14.1. The molecule has 2 heteroatoms. The van der Waals surface area contributed by atoms with Crippen LogP contribution >= 0.6 is 0 Å². The molecule has 0 fully saturated rings. The van der Waals surface area contributed by atoms with Gasteiger partial charge in [0, 0.05) is 18.0 Å².